The van der Waals surface area contributed by atoms with E-state index in [9.17, 15) is 24.3 Å². The van der Waals surface area contributed by atoms with Crippen LogP contribution in [0.25, 0.3) is 0 Å². The van der Waals surface area contributed by atoms with Gasteiger partial charge in [0.2, 0.25) is 17.7 Å². The number of aliphatic carboxylic acids is 1. The quantitative estimate of drug-likeness (QED) is 0.685. The average molecular weight is 372 g/mol. The molecule has 3 rings (SSSR count). The number of hydrogen-bond donors (Lipinski definition) is 3. The lowest BCUT2D eigenvalue weighted by molar-refractivity contribution is -0.140. The van der Waals surface area contributed by atoms with E-state index in [-0.39, 0.29) is 17.7 Å². The second-order valence-corrected chi connectivity index (χ2v) is 7.99. The number of carboxylic acid groups (broad SMARTS) is 1. The lowest BCUT2D eigenvalue weighted by Crippen LogP contribution is -2.51. The highest BCUT2D eigenvalue weighted by atomic mass is 16.4. The van der Waals surface area contributed by atoms with E-state index in [4.69, 9.17) is 0 Å². The Bertz CT molecular complexity index is 814. The summed E-state index contributed by atoms with van der Waals surface area (Å²) in [7, 11) is 0. The minimum atomic E-state index is -0.960. The summed E-state index contributed by atoms with van der Waals surface area (Å²) in [5.74, 6) is -3.06. The number of rotatable bonds is 5. The first-order valence-corrected chi connectivity index (χ1v) is 9.12. The van der Waals surface area contributed by atoms with Crippen LogP contribution in [0.4, 0.5) is 5.69 Å². The van der Waals surface area contributed by atoms with E-state index in [1.54, 1.807) is 38.1 Å². The number of amides is 3. The Morgan fingerprint density at radius 1 is 1.19 bits per heavy atom. The van der Waals surface area contributed by atoms with Gasteiger partial charge in [0.1, 0.15) is 0 Å². The van der Waals surface area contributed by atoms with Crippen molar-refractivity contribution in [3.05, 3.63) is 29.8 Å². The third-order valence-electron chi connectivity index (χ3n) is 6.15. The molecule has 1 aromatic rings. The van der Waals surface area contributed by atoms with E-state index in [1.165, 1.54) is 0 Å². The molecular formula is C20H24N2O5. The Morgan fingerprint density at radius 2 is 1.81 bits per heavy atom. The molecule has 1 aliphatic heterocycles. The molecule has 3 atom stereocenters. The summed E-state index contributed by atoms with van der Waals surface area (Å²) in [6.45, 7) is 5.45. The highest BCUT2D eigenvalue weighted by molar-refractivity contribution is 6.03. The molecule has 0 radical (unpaired) electrons. The maximum absolute atomic E-state index is 12.4. The fourth-order valence-electron chi connectivity index (χ4n) is 4.25. The Hall–Kier alpha value is -2.70. The molecule has 1 saturated heterocycles. The largest absolute Gasteiger partial charge is 0.481 e. The van der Waals surface area contributed by atoms with Crippen LogP contribution >= 0.6 is 0 Å². The maximum Gasteiger partial charge on any atom is 0.307 e. The standard InChI is InChI=1S/C20H24N2O5/c1-4-20(10-9-13(23)22-18(20)27)11-5-7-12(8-6-11)21-16(24)14-15(17(25)26)19(14,2)3/h5-8,14-15H,4,9-10H2,1-3H3,(H,21,24)(H,25,26)(H,22,23,27)/t14-,15+,20+/m0/s1. The fraction of sp³-hybridized carbons (Fsp3) is 0.500. The lowest BCUT2D eigenvalue weighted by atomic mass is 9.72. The topological polar surface area (TPSA) is 113 Å². The minimum absolute atomic E-state index is 0.256. The van der Waals surface area contributed by atoms with Crippen LogP contribution in [0.3, 0.4) is 0 Å². The van der Waals surface area contributed by atoms with Crippen molar-refractivity contribution in [2.24, 2.45) is 17.3 Å². The summed E-state index contributed by atoms with van der Waals surface area (Å²) < 4.78 is 0. The van der Waals surface area contributed by atoms with Crippen molar-refractivity contribution in [3.63, 3.8) is 0 Å². The van der Waals surface area contributed by atoms with Crippen LogP contribution in [0.5, 0.6) is 0 Å². The van der Waals surface area contributed by atoms with Gasteiger partial charge in [-0.2, -0.15) is 0 Å². The second-order valence-electron chi connectivity index (χ2n) is 7.99. The van der Waals surface area contributed by atoms with Gasteiger partial charge < -0.3 is 10.4 Å². The molecule has 2 aliphatic rings. The van der Waals surface area contributed by atoms with Gasteiger partial charge in [-0.3, -0.25) is 24.5 Å². The predicted octanol–water partition coefficient (Wildman–Crippen LogP) is 2.07. The first-order chi connectivity index (χ1) is 12.6. The molecule has 3 amide bonds. The summed E-state index contributed by atoms with van der Waals surface area (Å²) in [4.78, 5) is 47.6. The molecule has 1 heterocycles. The van der Waals surface area contributed by atoms with Crippen molar-refractivity contribution in [3.8, 4) is 0 Å². The van der Waals surface area contributed by atoms with Crippen LogP contribution in [0.1, 0.15) is 45.6 Å². The molecule has 1 aromatic carbocycles. The van der Waals surface area contributed by atoms with Gasteiger partial charge in [-0.25, -0.2) is 0 Å². The van der Waals surface area contributed by atoms with E-state index in [0.717, 1.165) is 5.56 Å². The van der Waals surface area contributed by atoms with Crippen LogP contribution in [0.2, 0.25) is 0 Å². The van der Waals surface area contributed by atoms with E-state index >= 15 is 0 Å². The van der Waals surface area contributed by atoms with Gasteiger partial charge in [-0.15, -0.1) is 0 Å². The van der Waals surface area contributed by atoms with Gasteiger partial charge in [-0.1, -0.05) is 32.9 Å². The SMILES string of the molecule is CC[C@]1(c2ccc(NC(=O)[C@@H]3[C@H](C(=O)O)C3(C)C)cc2)CCC(=O)NC1=O. The van der Waals surface area contributed by atoms with Crippen LogP contribution in [-0.4, -0.2) is 28.8 Å². The first-order valence-electron chi connectivity index (χ1n) is 9.12. The molecular weight excluding hydrogens is 348 g/mol. The van der Waals surface area contributed by atoms with Gasteiger partial charge in [0, 0.05) is 12.1 Å². The van der Waals surface area contributed by atoms with Crippen molar-refractivity contribution in [1.29, 1.82) is 0 Å². The molecule has 2 fully saturated rings. The smallest absolute Gasteiger partial charge is 0.307 e. The van der Waals surface area contributed by atoms with Crippen LogP contribution in [0, 0.1) is 17.3 Å². The fourth-order valence-corrected chi connectivity index (χ4v) is 4.25. The van der Waals surface area contributed by atoms with Crippen molar-refractivity contribution in [2.45, 2.75) is 45.4 Å². The third kappa shape index (κ3) is 3.11. The van der Waals surface area contributed by atoms with Gasteiger partial charge in [0.15, 0.2) is 0 Å². The Morgan fingerprint density at radius 3 is 2.30 bits per heavy atom. The number of carboxylic acids is 1. The summed E-state index contributed by atoms with van der Waals surface area (Å²) in [6.07, 6.45) is 1.32. The molecule has 0 bridgehead atoms. The van der Waals surface area contributed by atoms with Gasteiger partial charge in [0.25, 0.3) is 0 Å². The molecule has 7 heteroatoms. The molecule has 1 aliphatic carbocycles. The summed E-state index contributed by atoms with van der Waals surface area (Å²) in [5.41, 5.74) is 0.0374. The number of carbonyl (C=O) groups is 4. The molecule has 7 nitrogen and oxygen atoms in total. The van der Waals surface area contributed by atoms with Gasteiger partial charge in [0.05, 0.1) is 17.3 Å². The Labute approximate surface area is 157 Å². The molecule has 3 N–H and O–H groups in total. The number of nitrogens with one attached hydrogen (secondary N) is 2. The van der Waals surface area contributed by atoms with Crippen LogP contribution < -0.4 is 10.6 Å². The van der Waals surface area contributed by atoms with Crippen LogP contribution in [0.15, 0.2) is 24.3 Å². The van der Waals surface area contributed by atoms with Crippen LogP contribution in [-0.2, 0) is 24.6 Å². The van der Waals surface area contributed by atoms with E-state index < -0.39 is 28.6 Å². The zero-order valence-electron chi connectivity index (χ0n) is 15.7. The molecule has 0 aromatic heterocycles. The molecule has 0 unspecified atom stereocenters. The molecule has 0 spiro atoms. The normalized spacial score (nSPS) is 29.0. The van der Waals surface area contributed by atoms with Gasteiger partial charge in [-0.05, 0) is 36.0 Å². The maximum atomic E-state index is 12.4. The summed E-state index contributed by atoms with van der Waals surface area (Å²) >= 11 is 0. The molecule has 1 saturated carbocycles. The van der Waals surface area contributed by atoms with E-state index in [2.05, 4.69) is 10.6 Å². The van der Waals surface area contributed by atoms with E-state index in [1.807, 2.05) is 6.92 Å². The molecule has 27 heavy (non-hydrogen) atoms. The number of imide groups is 1. The van der Waals surface area contributed by atoms with Crippen molar-refractivity contribution in [2.75, 3.05) is 5.32 Å². The third-order valence-corrected chi connectivity index (χ3v) is 6.15. The second kappa shape index (κ2) is 6.48. The number of piperidine rings is 1. The number of anilines is 1. The Balaban J connectivity index is 1.74. The summed E-state index contributed by atoms with van der Waals surface area (Å²) in [5, 5.41) is 14.4. The van der Waals surface area contributed by atoms with Crippen molar-refractivity contribution in [1.82, 2.24) is 5.32 Å². The lowest BCUT2D eigenvalue weighted by Gasteiger charge is -2.35. The average Bonchev–Trinajstić information content (AvgIpc) is 3.19. The van der Waals surface area contributed by atoms with E-state index in [0.29, 0.717) is 24.9 Å². The predicted molar refractivity (Wildman–Crippen MR) is 97.8 cm³/mol. The minimum Gasteiger partial charge on any atom is -0.481 e. The van der Waals surface area contributed by atoms with Crippen molar-refractivity contribution >= 4 is 29.4 Å². The number of carbonyl (C=O) groups excluding carboxylic acids is 3. The van der Waals surface area contributed by atoms with Crippen molar-refractivity contribution < 1.29 is 24.3 Å². The Kier molecular flexibility index (Phi) is 4.57. The monoisotopic (exact) mass is 372 g/mol. The highest BCUT2D eigenvalue weighted by Gasteiger charge is 2.65. The first kappa shape index (κ1) is 19.1. The van der Waals surface area contributed by atoms with Gasteiger partial charge >= 0.3 is 5.97 Å². The highest BCUT2D eigenvalue weighted by Crippen LogP contribution is 2.58. The summed E-state index contributed by atoms with van der Waals surface area (Å²) in [6, 6.07) is 6.97. The molecule has 144 valence electrons. The number of benzene rings is 1. The zero-order valence-corrected chi connectivity index (χ0v) is 15.7. The number of hydrogen-bond acceptors (Lipinski definition) is 4. The zero-order chi connectivity index (χ0) is 20.0.